The summed E-state index contributed by atoms with van der Waals surface area (Å²) in [5, 5.41) is 0.0432. The Morgan fingerprint density at radius 1 is 1.40 bits per heavy atom. The maximum Gasteiger partial charge on any atom is 0.192 e. The molecule has 0 spiro atoms. The van der Waals surface area contributed by atoms with E-state index in [9.17, 15) is 8.42 Å². The fourth-order valence-corrected chi connectivity index (χ4v) is 1.65. The summed E-state index contributed by atoms with van der Waals surface area (Å²) in [6.07, 6.45) is 1.12. The average Bonchev–Trinajstić information content (AvgIpc) is 2.15. The van der Waals surface area contributed by atoms with Crippen LogP contribution < -0.4 is 5.73 Å². The maximum atomic E-state index is 11.3. The van der Waals surface area contributed by atoms with Crippen molar-refractivity contribution in [3.8, 4) is 0 Å². The monoisotopic (exact) mass is 229 g/mol. The maximum absolute atomic E-state index is 11.3. The summed E-state index contributed by atoms with van der Waals surface area (Å²) >= 11 is 0. The summed E-state index contributed by atoms with van der Waals surface area (Å²) in [5.41, 5.74) is 6.00. The molecule has 0 atom stereocenters. The molecule has 0 saturated carbocycles. The zero-order valence-corrected chi connectivity index (χ0v) is 9.87. The Bertz CT molecular complexity index is 454. The molecule has 15 heavy (non-hydrogen) atoms. The number of nitrogens with two attached hydrogens (primary N) is 1. The van der Waals surface area contributed by atoms with Gasteiger partial charge in [0.25, 0.3) is 0 Å². The number of rotatable bonds is 3. The Kier molecular flexibility index (Phi) is 3.41. The van der Waals surface area contributed by atoms with Crippen molar-refractivity contribution < 1.29 is 8.42 Å². The lowest BCUT2D eigenvalue weighted by atomic mass is 10.2. The minimum atomic E-state index is -3.30. The van der Waals surface area contributed by atoms with Gasteiger partial charge in [0.15, 0.2) is 14.9 Å². The third-order valence-electron chi connectivity index (χ3n) is 1.88. The van der Waals surface area contributed by atoms with E-state index in [2.05, 4.69) is 9.97 Å². The minimum absolute atomic E-state index is 0.0432. The molecule has 0 bridgehead atoms. The molecule has 0 aliphatic rings. The lowest BCUT2D eigenvalue weighted by Crippen LogP contribution is -2.11. The summed E-state index contributed by atoms with van der Waals surface area (Å²) < 4.78 is 22.7. The van der Waals surface area contributed by atoms with Crippen molar-refractivity contribution >= 4 is 9.84 Å². The highest BCUT2D eigenvalue weighted by molar-refractivity contribution is 7.90. The largest absolute Gasteiger partial charge is 0.325 e. The number of hydrogen-bond donors (Lipinski definition) is 1. The van der Waals surface area contributed by atoms with Gasteiger partial charge in [-0.05, 0) is 6.07 Å². The minimum Gasteiger partial charge on any atom is -0.325 e. The van der Waals surface area contributed by atoms with Crippen molar-refractivity contribution in [2.75, 3.05) is 6.26 Å². The van der Waals surface area contributed by atoms with Crippen molar-refractivity contribution in [2.24, 2.45) is 5.73 Å². The third kappa shape index (κ3) is 2.97. The van der Waals surface area contributed by atoms with Crippen molar-refractivity contribution in [3.05, 3.63) is 17.6 Å². The number of sulfone groups is 1. The molecular weight excluding hydrogens is 214 g/mol. The van der Waals surface area contributed by atoms with Crippen LogP contribution in [0.3, 0.4) is 0 Å². The average molecular weight is 229 g/mol. The van der Waals surface area contributed by atoms with E-state index in [0.29, 0.717) is 11.5 Å². The normalized spacial score (nSPS) is 12.1. The van der Waals surface area contributed by atoms with E-state index in [1.807, 2.05) is 13.8 Å². The van der Waals surface area contributed by atoms with Crippen LogP contribution in [0.5, 0.6) is 0 Å². The van der Waals surface area contributed by atoms with E-state index in [1.165, 1.54) is 6.07 Å². The summed E-state index contributed by atoms with van der Waals surface area (Å²) in [5.74, 6) is 0.593. The molecule has 6 heteroatoms. The van der Waals surface area contributed by atoms with E-state index >= 15 is 0 Å². The Morgan fingerprint density at radius 3 is 2.40 bits per heavy atom. The van der Waals surface area contributed by atoms with Crippen LogP contribution in [0, 0.1) is 0 Å². The van der Waals surface area contributed by atoms with Crippen LogP contribution in [-0.4, -0.2) is 24.6 Å². The summed E-state index contributed by atoms with van der Waals surface area (Å²) in [6, 6.07) is 1.42. The summed E-state index contributed by atoms with van der Waals surface area (Å²) in [7, 11) is -3.30. The highest BCUT2D eigenvalue weighted by atomic mass is 32.2. The zero-order valence-electron chi connectivity index (χ0n) is 9.06. The lowest BCUT2D eigenvalue weighted by Gasteiger charge is -2.07. The first-order valence-electron chi connectivity index (χ1n) is 4.62. The molecule has 2 N–H and O–H groups in total. The molecule has 0 aliphatic carbocycles. The molecule has 5 nitrogen and oxygen atoms in total. The van der Waals surface area contributed by atoms with Crippen molar-refractivity contribution in [2.45, 2.75) is 31.3 Å². The SMILES string of the molecule is CC(C)c1nc(CN)cc(S(C)(=O)=O)n1. The molecule has 0 fully saturated rings. The highest BCUT2D eigenvalue weighted by Crippen LogP contribution is 2.13. The van der Waals surface area contributed by atoms with Gasteiger partial charge in [0.05, 0.1) is 5.69 Å². The first-order valence-corrected chi connectivity index (χ1v) is 6.51. The van der Waals surface area contributed by atoms with Crippen molar-refractivity contribution in [1.29, 1.82) is 0 Å². The number of aromatic nitrogens is 2. The van der Waals surface area contributed by atoms with Crippen LogP contribution >= 0.6 is 0 Å². The fraction of sp³-hybridized carbons (Fsp3) is 0.556. The van der Waals surface area contributed by atoms with E-state index in [-0.39, 0.29) is 17.5 Å². The van der Waals surface area contributed by atoms with Gasteiger partial charge < -0.3 is 5.73 Å². The van der Waals surface area contributed by atoms with Crippen LogP contribution in [0.2, 0.25) is 0 Å². The molecule has 1 rings (SSSR count). The van der Waals surface area contributed by atoms with Gasteiger partial charge in [0, 0.05) is 18.7 Å². The molecule has 1 aromatic rings. The van der Waals surface area contributed by atoms with Crippen molar-refractivity contribution in [1.82, 2.24) is 9.97 Å². The van der Waals surface area contributed by atoms with Gasteiger partial charge in [-0.25, -0.2) is 18.4 Å². The second-order valence-electron chi connectivity index (χ2n) is 3.69. The molecule has 0 amide bonds. The van der Waals surface area contributed by atoms with Crippen LogP contribution in [-0.2, 0) is 16.4 Å². The van der Waals surface area contributed by atoms with Gasteiger partial charge >= 0.3 is 0 Å². The van der Waals surface area contributed by atoms with Crippen LogP contribution in [0.15, 0.2) is 11.1 Å². The van der Waals surface area contributed by atoms with Crippen LogP contribution in [0.25, 0.3) is 0 Å². The standard InChI is InChI=1S/C9H15N3O2S/c1-6(2)9-11-7(5-10)4-8(12-9)15(3,13)14/h4,6H,5,10H2,1-3H3. The van der Waals surface area contributed by atoms with Gasteiger partial charge in [0.1, 0.15) is 5.82 Å². The Morgan fingerprint density at radius 2 is 2.00 bits per heavy atom. The quantitative estimate of drug-likeness (QED) is 0.761. The molecule has 0 aromatic carbocycles. The smallest absolute Gasteiger partial charge is 0.192 e. The first kappa shape index (κ1) is 12.1. The van der Waals surface area contributed by atoms with Crippen LogP contribution in [0.4, 0.5) is 0 Å². The van der Waals surface area contributed by atoms with E-state index < -0.39 is 9.84 Å². The van der Waals surface area contributed by atoms with E-state index in [1.54, 1.807) is 0 Å². The Hall–Kier alpha value is -1.01. The molecule has 84 valence electrons. The van der Waals surface area contributed by atoms with Gasteiger partial charge in [-0.1, -0.05) is 13.8 Å². The van der Waals surface area contributed by atoms with Gasteiger partial charge in [0.2, 0.25) is 0 Å². The summed E-state index contributed by atoms with van der Waals surface area (Å²) in [4.78, 5) is 8.16. The second-order valence-corrected chi connectivity index (χ2v) is 5.65. The molecule has 0 saturated heterocycles. The fourth-order valence-electron chi connectivity index (χ4n) is 1.04. The lowest BCUT2D eigenvalue weighted by molar-refractivity contribution is 0.594. The number of hydrogen-bond acceptors (Lipinski definition) is 5. The predicted octanol–water partition coefficient (Wildman–Crippen LogP) is 0.462. The molecule has 0 unspecified atom stereocenters. The topological polar surface area (TPSA) is 85.9 Å². The second kappa shape index (κ2) is 4.24. The first-order chi connectivity index (χ1) is 6.84. The van der Waals surface area contributed by atoms with Gasteiger partial charge in [-0.2, -0.15) is 0 Å². The number of nitrogens with zero attached hydrogens (tertiary/aromatic N) is 2. The summed E-state index contributed by atoms with van der Waals surface area (Å²) in [6.45, 7) is 4.02. The van der Waals surface area contributed by atoms with Crippen molar-refractivity contribution in [3.63, 3.8) is 0 Å². The van der Waals surface area contributed by atoms with E-state index in [0.717, 1.165) is 6.26 Å². The van der Waals surface area contributed by atoms with Gasteiger partial charge in [-0.3, -0.25) is 0 Å². The Balaban J connectivity index is 3.36. The zero-order chi connectivity index (χ0) is 11.6. The van der Waals surface area contributed by atoms with Gasteiger partial charge in [-0.15, -0.1) is 0 Å². The third-order valence-corrected chi connectivity index (χ3v) is 2.85. The van der Waals surface area contributed by atoms with Crippen LogP contribution in [0.1, 0.15) is 31.3 Å². The Labute approximate surface area is 89.7 Å². The molecule has 1 aromatic heterocycles. The molecule has 1 heterocycles. The molecule has 0 radical (unpaired) electrons. The predicted molar refractivity (Wildman–Crippen MR) is 57.1 cm³/mol. The highest BCUT2D eigenvalue weighted by Gasteiger charge is 2.14. The molecular formula is C9H15N3O2S. The van der Waals surface area contributed by atoms with E-state index in [4.69, 9.17) is 5.73 Å². The molecule has 0 aliphatic heterocycles.